The smallest absolute Gasteiger partial charge is 0.408 e. The minimum atomic E-state index is -0.611. The number of benzene rings is 2. The zero-order chi connectivity index (χ0) is 24.0. The summed E-state index contributed by atoms with van der Waals surface area (Å²) >= 11 is 1.55. The lowest BCUT2D eigenvalue weighted by Crippen LogP contribution is -2.35. The van der Waals surface area contributed by atoms with E-state index in [1.54, 1.807) is 24.5 Å². The van der Waals surface area contributed by atoms with E-state index in [4.69, 9.17) is 14.5 Å². The van der Waals surface area contributed by atoms with Crippen molar-refractivity contribution in [1.29, 1.82) is 5.26 Å². The Balaban J connectivity index is 1.96. The van der Waals surface area contributed by atoms with Gasteiger partial charge in [0.25, 0.3) is 0 Å². The number of carbonyl (C=O) groups excluding carboxylic acids is 1. The molecule has 1 amide bonds. The van der Waals surface area contributed by atoms with E-state index >= 15 is 0 Å². The molecule has 2 aromatic carbocycles. The molecule has 7 nitrogen and oxygen atoms in total. The number of likely N-dealkylation sites (N-methyl/N-ethyl adjacent to an activating group) is 1. The number of rotatable bonds is 8. The summed E-state index contributed by atoms with van der Waals surface area (Å²) in [7, 11) is 3.71. The Labute approximate surface area is 199 Å². The number of amides is 1. The zero-order valence-corrected chi connectivity index (χ0v) is 20.5. The number of anilines is 1. The highest BCUT2D eigenvalue weighted by molar-refractivity contribution is 7.19. The van der Waals surface area contributed by atoms with Gasteiger partial charge >= 0.3 is 6.09 Å². The van der Waals surface area contributed by atoms with Crippen molar-refractivity contribution in [2.24, 2.45) is 0 Å². The molecule has 3 aromatic rings. The summed E-state index contributed by atoms with van der Waals surface area (Å²) in [4.78, 5) is 19.6. The fourth-order valence-electron chi connectivity index (χ4n) is 3.40. The summed E-state index contributed by atoms with van der Waals surface area (Å²) in [5, 5.41) is 13.0. The minimum Gasteiger partial charge on any atom is -0.444 e. The zero-order valence-electron chi connectivity index (χ0n) is 19.7. The first-order valence-electron chi connectivity index (χ1n) is 10.8. The average molecular weight is 467 g/mol. The Hall–Kier alpha value is -3.15. The molecule has 3 rings (SSSR count). The molecular formula is C25H30N4O3S. The topological polar surface area (TPSA) is 87.5 Å². The lowest BCUT2D eigenvalue weighted by molar-refractivity contribution is 0.0503. The highest BCUT2D eigenvalue weighted by Gasteiger charge is 2.24. The molecule has 0 radical (unpaired) electrons. The van der Waals surface area contributed by atoms with Crippen molar-refractivity contribution in [2.45, 2.75) is 38.8 Å². The monoisotopic (exact) mass is 466 g/mol. The number of aromatic nitrogens is 1. The molecule has 0 saturated heterocycles. The second kappa shape index (κ2) is 10.6. The second-order valence-corrected chi connectivity index (χ2v) is 9.84. The first-order chi connectivity index (χ1) is 15.7. The van der Waals surface area contributed by atoms with Crippen LogP contribution in [-0.2, 0) is 15.9 Å². The van der Waals surface area contributed by atoms with Crippen LogP contribution in [0.2, 0.25) is 0 Å². The van der Waals surface area contributed by atoms with Crippen LogP contribution < -0.4 is 10.2 Å². The van der Waals surface area contributed by atoms with Crippen LogP contribution in [0.3, 0.4) is 0 Å². The normalized spacial score (nSPS) is 12.2. The van der Waals surface area contributed by atoms with Crippen molar-refractivity contribution in [1.82, 2.24) is 10.3 Å². The van der Waals surface area contributed by atoms with E-state index in [1.165, 1.54) is 0 Å². The molecule has 1 N–H and O–H groups in total. The number of nitriles is 1. The SMILES string of the molecule is COCCN(C)c1cccc2nc(C(Cc3cccc(C#N)c3)NC(=O)OC(C)(C)C)sc12. The maximum absolute atomic E-state index is 12.6. The van der Waals surface area contributed by atoms with E-state index in [2.05, 4.69) is 22.4 Å². The van der Waals surface area contributed by atoms with Crippen molar-refractivity contribution in [3.8, 4) is 6.07 Å². The van der Waals surface area contributed by atoms with Gasteiger partial charge in [-0.05, 0) is 57.0 Å². The summed E-state index contributed by atoms with van der Waals surface area (Å²) in [6.45, 7) is 6.87. The highest BCUT2D eigenvalue weighted by Crippen LogP contribution is 2.35. The second-order valence-electron chi connectivity index (χ2n) is 8.81. The molecule has 0 aliphatic carbocycles. The Morgan fingerprint density at radius 2 is 2.03 bits per heavy atom. The van der Waals surface area contributed by atoms with Gasteiger partial charge in [-0.25, -0.2) is 9.78 Å². The van der Waals surface area contributed by atoms with Crippen LogP contribution in [0.5, 0.6) is 0 Å². The van der Waals surface area contributed by atoms with Crippen LogP contribution in [0.25, 0.3) is 10.2 Å². The predicted molar refractivity (Wildman–Crippen MR) is 132 cm³/mol. The number of hydrogen-bond acceptors (Lipinski definition) is 7. The van der Waals surface area contributed by atoms with Gasteiger partial charge in [0.15, 0.2) is 0 Å². The number of methoxy groups -OCH3 is 1. The Bertz CT molecular complexity index is 1150. The summed E-state index contributed by atoms with van der Waals surface area (Å²) in [5.41, 5.74) is 2.84. The molecule has 0 fully saturated rings. The first-order valence-corrected chi connectivity index (χ1v) is 11.6. The van der Waals surface area contributed by atoms with Crippen LogP contribution in [0, 0.1) is 11.3 Å². The fourth-order valence-corrected chi connectivity index (χ4v) is 4.59. The predicted octanol–water partition coefficient (Wildman–Crippen LogP) is 5.06. The Morgan fingerprint density at radius 1 is 1.27 bits per heavy atom. The standard InChI is InChI=1S/C25H30N4O3S/c1-25(2,3)32-24(30)28-20(15-17-8-6-9-18(14-17)16-26)23-27-19-10-7-11-21(22(19)33-23)29(4)12-13-31-5/h6-11,14,20H,12-13,15H2,1-5H3,(H,28,30). The van der Waals surface area contributed by atoms with E-state index in [0.29, 0.717) is 18.6 Å². The fraction of sp³-hybridized carbons (Fsp3) is 0.400. The Morgan fingerprint density at radius 3 is 2.73 bits per heavy atom. The molecule has 0 aliphatic heterocycles. The first kappa shape index (κ1) is 24.5. The lowest BCUT2D eigenvalue weighted by atomic mass is 10.0. The third kappa shape index (κ3) is 6.67. The number of ether oxygens (including phenoxy) is 2. The Kier molecular flexibility index (Phi) is 7.90. The number of hydrogen-bond donors (Lipinski definition) is 1. The van der Waals surface area contributed by atoms with Gasteiger partial charge in [-0.2, -0.15) is 5.26 Å². The van der Waals surface area contributed by atoms with Crippen LogP contribution in [-0.4, -0.2) is 44.0 Å². The van der Waals surface area contributed by atoms with Crippen LogP contribution in [0.1, 0.15) is 42.9 Å². The summed E-state index contributed by atoms with van der Waals surface area (Å²) < 4.78 is 11.8. The van der Waals surface area contributed by atoms with Gasteiger partial charge in [0, 0.05) is 20.7 Å². The maximum atomic E-state index is 12.6. The molecule has 1 atom stereocenters. The van der Waals surface area contributed by atoms with Gasteiger partial charge in [0.2, 0.25) is 0 Å². The van der Waals surface area contributed by atoms with E-state index in [1.807, 2.05) is 58.2 Å². The van der Waals surface area contributed by atoms with Crippen molar-refractivity contribution in [2.75, 3.05) is 32.2 Å². The quantitative estimate of drug-likeness (QED) is 0.499. The summed E-state index contributed by atoms with van der Waals surface area (Å²) in [5.74, 6) is 0. The van der Waals surface area contributed by atoms with E-state index < -0.39 is 17.7 Å². The molecule has 174 valence electrons. The molecular weight excluding hydrogens is 436 g/mol. The van der Waals surface area contributed by atoms with Crippen LogP contribution in [0.15, 0.2) is 42.5 Å². The molecule has 1 unspecified atom stereocenters. The molecule has 0 saturated carbocycles. The van der Waals surface area contributed by atoms with E-state index in [-0.39, 0.29) is 0 Å². The van der Waals surface area contributed by atoms with Gasteiger partial charge in [0.1, 0.15) is 10.6 Å². The van der Waals surface area contributed by atoms with Gasteiger partial charge in [-0.15, -0.1) is 11.3 Å². The van der Waals surface area contributed by atoms with Crippen molar-refractivity contribution >= 4 is 33.3 Å². The number of carbonyl (C=O) groups is 1. The van der Waals surface area contributed by atoms with Crippen molar-refractivity contribution in [3.05, 3.63) is 58.6 Å². The molecule has 33 heavy (non-hydrogen) atoms. The average Bonchev–Trinajstić information content (AvgIpc) is 3.20. The molecule has 1 heterocycles. The van der Waals surface area contributed by atoms with Crippen LogP contribution in [0.4, 0.5) is 10.5 Å². The number of fused-ring (bicyclic) bond motifs is 1. The van der Waals surface area contributed by atoms with Gasteiger partial charge in [-0.1, -0.05) is 18.2 Å². The number of nitrogens with one attached hydrogen (secondary N) is 1. The van der Waals surface area contributed by atoms with Gasteiger partial charge < -0.3 is 19.7 Å². The molecule has 0 bridgehead atoms. The van der Waals surface area contributed by atoms with Gasteiger partial charge in [0.05, 0.1) is 40.2 Å². The third-order valence-electron chi connectivity index (χ3n) is 4.94. The number of thiazole rings is 1. The molecule has 1 aromatic heterocycles. The number of nitrogens with zero attached hydrogens (tertiary/aromatic N) is 3. The summed E-state index contributed by atoms with van der Waals surface area (Å²) in [6.07, 6.45) is -0.00990. The van der Waals surface area contributed by atoms with Crippen LogP contribution >= 0.6 is 11.3 Å². The van der Waals surface area contributed by atoms with Crippen molar-refractivity contribution in [3.63, 3.8) is 0 Å². The van der Waals surface area contributed by atoms with Gasteiger partial charge in [-0.3, -0.25) is 0 Å². The van der Waals surface area contributed by atoms with E-state index in [0.717, 1.165) is 33.0 Å². The molecule has 0 spiro atoms. The number of alkyl carbamates (subject to hydrolysis) is 1. The maximum Gasteiger partial charge on any atom is 0.408 e. The highest BCUT2D eigenvalue weighted by atomic mass is 32.1. The van der Waals surface area contributed by atoms with Crippen molar-refractivity contribution < 1.29 is 14.3 Å². The molecule has 0 aliphatic rings. The van der Waals surface area contributed by atoms with E-state index in [9.17, 15) is 10.1 Å². The summed E-state index contributed by atoms with van der Waals surface area (Å²) in [6, 6.07) is 15.2. The third-order valence-corrected chi connectivity index (χ3v) is 6.15. The lowest BCUT2D eigenvalue weighted by Gasteiger charge is -2.23. The largest absolute Gasteiger partial charge is 0.444 e. The molecule has 8 heteroatoms. The minimum absolute atomic E-state index is 0.400.